The number of rotatable bonds is 7. The molecule has 1 fully saturated rings. The van der Waals surface area contributed by atoms with E-state index >= 15 is 0 Å². The minimum absolute atomic E-state index is 0.230. The molecule has 4 heteroatoms. The Balaban J connectivity index is 2.10. The monoisotopic (exact) mass is 246 g/mol. The smallest absolute Gasteiger partial charge is 0.0791 e. The second kappa shape index (κ2) is 8.34. The van der Waals surface area contributed by atoms with Crippen LogP contribution in [0.3, 0.4) is 0 Å². The summed E-state index contributed by atoms with van der Waals surface area (Å²) >= 11 is 2.02. The summed E-state index contributed by atoms with van der Waals surface area (Å²) in [6.07, 6.45) is 2.35. The Labute approximate surface area is 104 Å². The second-order valence-corrected chi connectivity index (χ2v) is 5.61. The lowest BCUT2D eigenvalue weighted by Gasteiger charge is -2.26. The topological polar surface area (TPSA) is 35.5 Å². The highest BCUT2D eigenvalue weighted by Gasteiger charge is 2.15. The standard InChI is InChI=1S/C12H26N2OS/c1-3-14(4-2)9-12(15)8-13-11-6-5-7-16-10-11/h11-13,15H,3-10H2,1-2H3. The minimum Gasteiger partial charge on any atom is -0.390 e. The Morgan fingerprint density at radius 2 is 2.19 bits per heavy atom. The van der Waals surface area contributed by atoms with Crippen molar-refractivity contribution in [2.45, 2.75) is 38.8 Å². The average Bonchev–Trinajstić information content (AvgIpc) is 2.34. The van der Waals surface area contributed by atoms with Crippen LogP contribution < -0.4 is 5.32 Å². The van der Waals surface area contributed by atoms with Crippen LogP contribution in [-0.4, -0.2) is 59.8 Å². The molecule has 0 saturated carbocycles. The quantitative estimate of drug-likeness (QED) is 0.707. The van der Waals surface area contributed by atoms with Gasteiger partial charge in [0, 0.05) is 24.9 Å². The molecule has 1 heterocycles. The Morgan fingerprint density at radius 3 is 2.75 bits per heavy atom. The highest BCUT2D eigenvalue weighted by atomic mass is 32.2. The van der Waals surface area contributed by atoms with Gasteiger partial charge < -0.3 is 15.3 Å². The summed E-state index contributed by atoms with van der Waals surface area (Å²) in [5, 5.41) is 13.4. The summed E-state index contributed by atoms with van der Waals surface area (Å²) in [6, 6.07) is 0.616. The SMILES string of the molecule is CCN(CC)CC(O)CNC1CCCSC1. The van der Waals surface area contributed by atoms with E-state index in [1.54, 1.807) is 0 Å². The molecule has 0 spiro atoms. The fourth-order valence-electron chi connectivity index (χ4n) is 2.05. The van der Waals surface area contributed by atoms with Crippen molar-refractivity contribution in [2.75, 3.05) is 37.7 Å². The van der Waals surface area contributed by atoms with Gasteiger partial charge in [-0.2, -0.15) is 11.8 Å². The van der Waals surface area contributed by atoms with Crippen molar-refractivity contribution in [1.29, 1.82) is 0 Å². The molecule has 2 unspecified atom stereocenters. The van der Waals surface area contributed by atoms with Gasteiger partial charge in [0.25, 0.3) is 0 Å². The normalized spacial score (nSPS) is 23.6. The minimum atomic E-state index is -0.230. The molecule has 16 heavy (non-hydrogen) atoms. The van der Waals surface area contributed by atoms with Crippen molar-refractivity contribution in [3.05, 3.63) is 0 Å². The summed E-state index contributed by atoms with van der Waals surface area (Å²) in [4.78, 5) is 2.27. The van der Waals surface area contributed by atoms with Gasteiger partial charge in [-0.1, -0.05) is 13.8 Å². The molecule has 1 aliphatic heterocycles. The van der Waals surface area contributed by atoms with E-state index in [2.05, 4.69) is 24.1 Å². The van der Waals surface area contributed by atoms with Crippen LogP contribution in [0.4, 0.5) is 0 Å². The first-order valence-electron chi connectivity index (χ1n) is 6.47. The van der Waals surface area contributed by atoms with Crippen LogP contribution in [0.1, 0.15) is 26.7 Å². The van der Waals surface area contributed by atoms with Crippen LogP contribution in [0.2, 0.25) is 0 Å². The van der Waals surface area contributed by atoms with Gasteiger partial charge in [-0.05, 0) is 31.7 Å². The number of likely N-dealkylation sites (N-methyl/N-ethyl adjacent to an activating group) is 1. The molecule has 3 nitrogen and oxygen atoms in total. The summed E-state index contributed by atoms with van der Waals surface area (Å²) in [6.45, 7) is 7.85. The van der Waals surface area contributed by atoms with Crippen LogP contribution in [0, 0.1) is 0 Å². The first-order chi connectivity index (χ1) is 7.76. The van der Waals surface area contributed by atoms with Gasteiger partial charge in [0.05, 0.1) is 6.10 Å². The number of hydrogen-bond acceptors (Lipinski definition) is 4. The number of thioether (sulfide) groups is 1. The van der Waals surface area contributed by atoms with Gasteiger partial charge in [-0.25, -0.2) is 0 Å². The third-order valence-electron chi connectivity index (χ3n) is 3.17. The van der Waals surface area contributed by atoms with Crippen LogP contribution >= 0.6 is 11.8 Å². The molecular weight excluding hydrogens is 220 g/mol. The maximum atomic E-state index is 9.90. The Hall–Kier alpha value is 0.230. The Morgan fingerprint density at radius 1 is 1.44 bits per heavy atom. The molecule has 0 aromatic rings. The van der Waals surface area contributed by atoms with Gasteiger partial charge in [-0.15, -0.1) is 0 Å². The number of aliphatic hydroxyl groups excluding tert-OH is 1. The molecular formula is C12H26N2OS. The summed E-state index contributed by atoms with van der Waals surface area (Å²) in [5.74, 6) is 2.51. The third kappa shape index (κ3) is 5.53. The van der Waals surface area contributed by atoms with Crippen LogP contribution in [0.15, 0.2) is 0 Å². The van der Waals surface area contributed by atoms with Crippen LogP contribution in [-0.2, 0) is 0 Å². The van der Waals surface area contributed by atoms with Gasteiger partial charge >= 0.3 is 0 Å². The second-order valence-electron chi connectivity index (χ2n) is 4.46. The van der Waals surface area contributed by atoms with Crippen LogP contribution in [0.25, 0.3) is 0 Å². The molecule has 0 amide bonds. The lowest BCUT2D eigenvalue weighted by molar-refractivity contribution is 0.114. The number of hydrogen-bond donors (Lipinski definition) is 2. The maximum Gasteiger partial charge on any atom is 0.0791 e. The largest absolute Gasteiger partial charge is 0.390 e. The highest BCUT2D eigenvalue weighted by molar-refractivity contribution is 7.99. The van der Waals surface area contributed by atoms with Crippen molar-refractivity contribution in [2.24, 2.45) is 0 Å². The fourth-order valence-corrected chi connectivity index (χ4v) is 3.16. The van der Waals surface area contributed by atoms with Crippen molar-refractivity contribution in [3.63, 3.8) is 0 Å². The maximum absolute atomic E-state index is 9.90. The first kappa shape index (κ1) is 14.3. The van der Waals surface area contributed by atoms with Crippen molar-refractivity contribution in [3.8, 4) is 0 Å². The first-order valence-corrected chi connectivity index (χ1v) is 7.63. The van der Waals surface area contributed by atoms with E-state index in [0.717, 1.165) is 26.2 Å². The van der Waals surface area contributed by atoms with Crippen molar-refractivity contribution >= 4 is 11.8 Å². The predicted octanol–water partition coefficient (Wildman–Crippen LogP) is 1.17. The molecule has 2 N–H and O–H groups in total. The highest BCUT2D eigenvalue weighted by Crippen LogP contribution is 2.16. The summed E-state index contributed by atoms with van der Waals surface area (Å²) in [7, 11) is 0. The lowest BCUT2D eigenvalue weighted by atomic mass is 10.2. The van der Waals surface area contributed by atoms with E-state index < -0.39 is 0 Å². The summed E-state index contributed by atoms with van der Waals surface area (Å²) < 4.78 is 0. The molecule has 1 aliphatic rings. The average molecular weight is 246 g/mol. The van der Waals surface area contributed by atoms with Gasteiger partial charge in [0.2, 0.25) is 0 Å². The molecule has 0 aromatic heterocycles. The molecule has 1 rings (SSSR count). The number of nitrogens with zero attached hydrogens (tertiary/aromatic N) is 1. The zero-order valence-corrected chi connectivity index (χ0v) is 11.4. The molecule has 96 valence electrons. The lowest BCUT2D eigenvalue weighted by Crippen LogP contribution is -2.43. The van der Waals surface area contributed by atoms with Gasteiger partial charge in [0.15, 0.2) is 0 Å². The zero-order chi connectivity index (χ0) is 11.8. The van der Waals surface area contributed by atoms with E-state index in [4.69, 9.17) is 0 Å². The fraction of sp³-hybridized carbons (Fsp3) is 1.00. The summed E-state index contributed by atoms with van der Waals surface area (Å²) in [5.41, 5.74) is 0. The molecule has 0 radical (unpaired) electrons. The molecule has 2 atom stereocenters. The molecule has 1 saturated heterocycles. The van der Waals surface area contributed by atoms with E-state index in [0.29, 0.717) is 6.04 Å². The zero-order valence-electron chi connectivity index (χ0n) is 10.6. The molecule has 0 aliphatic carbocycles. The van der Waals surface area contributed by atoms with E-state index in [-0.39, 0.29) is 6.10 Å². The van der Waals surface area contributed by atoms with Gasteiger partial charge in [-0.3, -0.25) is 0 Å². The van der Waals surface area contributed by atoms with E-state index in [1.165, 1.54) is 24.3 Å². The van der Waals surface area contributed by atoms with E-state index in [1.807, 2.05) is 11.8 Å². The Kier molecular flexibility index (Phi) is 7.45. The van der Waals surface area contributed by atoms with Crippen molar-refractivity contribution in [1.82, 2.24) is 10.2 Å². The Bertz CT molecular complexity index is 170. The third-order valence-corrected chi connectivity index (χ3v) is 4.38. The van der Waals surface area contributed by atoms with Crippen molar-refractivity contribution < 1.29 is 5.11 Å². The number of aliphatic hydroxyl groups is 1. The molecule has 0 aromatic carbocycles. The molecule has 0 bridgehead atoms. The predicted molar refractivity (Wildman–Crippen MR) is 72.1 cm³/mol. The van der Waals surface area contributed by atoms with Gasteiger partial charge in [0.1, 0.15) is 0 Å². The van der Waals surface area contributed by atoms with E-state index in [9.17, 15) is 5.11 Å². The van der Waals surface area contributed by atoms with Crippen LogP contribution in [0.5, 0.6) is 0 Å². The number of nitrogens with one attached hydrogen (secondary N) is 1.